The van der Waals surface area contributed by atoms with Gasteiger partial charge in [0, 0.05) is 33.4 Å². The lowest BCUT2D eigenvalue weighted by Crippen LogP contribution is -2.28. The van der Waals surface area contributed by atoms with Gasteiger partial charge in [0.25, 0.3) is 0 Å². The van der Waals surface area contributed by atoms with Gasteiger partial charge in [-0.25, -0.2) is 24.9 Å². The van der Waals surface area contributed by atoms with Gasteiger partial charge in [-0.15, -0.1) is 0 Å². The fourth-order valence-corrected chi connectivity index (χ4v) is 9.70. The van der Waals surface area contributed by atoms with Crippen LogP contribution in [-0.2, 0) is 5.41 Å². The molecule has 0 saturated carbocycles. The monoisotopic (exact) mass is 855 g/mol. The van der Waals surface area contributed by atoms with Gasteiger partial charge >= 0.3 is 0 Å². The SMILES string of the molecule is c1ccc(-c2cc(-c3cccc(-c4cccc(-c5nc(-c6ccccc6)nc(-c6ccccc6)n5)c4)c3)nc(-c3ccc4c(c3)C(c3ccccc3)(c3ccccc3)c3ccccc3-4)n2)cc1. The number of rotatable bonds is 9. The molecule has 5 nitrogen and oxygen atoms in total. The molecule has 5 heteroatoms. The summed E-state index contributed by atoms with van der Waals surface area (Å²) in [4.78, 5) is 25.7. The Hall–Kier alpha value is -8.93. The molecule has 1 aliphatic rings. The minimum atomic E-state index is -0.541. The summed E-state index contributed by atoms with van der Waals surface area (Å²) in [6, 6.07) is 87.1. The van der Waals surface area contributed by atoms with Gasteiger partial charge in [-0.3, -0.25) is 0 Å². The largest absolute Gasteiger partial charge is 0.228 e. The van der Waals surface area contributed by atoms with Crippen LogP contribution < -0.4 is 0 Å². The van der Waals surface area contributed by atoms with Crippen LogP contribution in [-0.4, -0.2) is 24.9 Å². The highest BCUT2D eigenvalue weighted by atomic mass is 15.0. The first-order valence-electron chi connectivity index (χ1n) is 22.6. The zero-order valence-electron chi connectivity index (χ0n) is 36.4. The predicted octanol–water partition coefficient (Wildman–Crippen LogP) is 14.7. The predicted molar refractivity (Wildman–Crippen MR) is 271 cm³/mol. The van der Waals surface area contributed by atoms with E-state index in [0.717, 1.165) is 55.9 Å². The third-order valence-corrected chi connectivity index (χ3v) is 12.8. The lowest BCUT2D eigenvalue weighted by molar-refractivity contribution is 0.768. The van der Waals surface area contributed by atoms with Crippen LogP contribution >= 0.6 is 0 Å². The zero-order chi connectivity index (χ0) is 44.6. The van der Waals surface area contributed by atoms with E-state index >= 15 is 0 Å². The smallest absolute Gasteiger partial charge is 0.164 e. The topological polar surface area (TPSA) is 64.5 Å². The van der Waals surface area contributed by atoms with Crippen molar-refractivity contribution < 1.29 is 0 Å². The molecule has 11 aromatic rings. The quantitative estimate of drug-likeness (QED) is 0.145. The van der Waals surface area contributed by atoms with Crippen LogP contribution in [0.3, 0.4) is 0 Å². The van der Waals surface area contributed by atoms with Gasteiger partial charge in [0.2, 0.25) is 0 Å². The highest BCUT2D eigenvalue weighted by Crippen LogP contribution is 2.56. The molecule has 12 rings (SSSR count). The summed E-state index contributed by atoms with van der Waals surface area (Å²) in [6.45, 7) is 0. The number of nitrogens with zero attached hydrogens (tertiary/aromatic N) is 5. The lowest BCUT2D eigenvalue weighted by Gasteiger charge is -2.34. The second kappa shape index (κ2) is 16.9. The second-order valence-electron chi connectivity index (χ2n) is 16.8. The van der Waals surface area contributed by atoms with E-state index in [1.54, 1.807) is 0 Å². The number of fused-ring (bicyclic) bond motifs is 3. The van der Waals surface area contributed by atoms with Crippen molar-refractivity contribution in [3.8, 4) is 90.3 Å². The molecule has 0 radical (unpaired) electrons. The maximum absolute atomic E-state index is 5.41. The first-order valence-corrected chi connectivity index (χ1v) is 22.6. The average molecular weight is 856 g/mol. The first-order chi connectivity index (χ1) is 33.2. The van der Waals surface area contributed by atoms with E-state index in [-0.39, 0.29) is 0 Å². The van der Waals surface area contributed by atoms with Gasteiger partial charge in [0.1, 0.15) is 0 Å². The molecule has 0 saturated heterocycles. The molecule has 0 spiro atoms. The van der Waals surface area contributed by atoms with E-state index in [4.69, 9.17) is 24.9 Å². The summed E-state index contributed by atoms with van der Waals surface area (Å²) in [5.74, 6) is 2.53. The summed E-state index contributed by atoms with van der Waals surface area (Å²) in [7, 11) is 0. The van der Waals surface area contributed by atoms with Crippen LogP contribution in [0.25, 0.3) is 90.3 Å². The van der Waals surface area contributed by atoms with Crippen LogP contribution in [0.2, 0.25) is 0 Å². The molecule has 0 amide bonds. The Balaban J connectivity index is 0.980. The fourth-order valence-electron chi connectivity index (χ4n) is 9.70. The molecule has 0 N–H and O–H groups in total. The molecule has 2 heterocycles. The van der Waals surface area contributed by atoms with Crippen molar-refractivity contribution in [1.29, 1.82) is 0 Å². The molecular formula is C62H41N5. The Kier molecular flexibility index (Phi) is 9.99. The third-order valence-electron chi connectivity index (χ3n) is 12.8. The van der Waals surface area contributed by atoms with Crippen molar-refractivity contribution in [2.75, 3.05) is 0 Å². The highest BCUT2D eigenvalue weighted by molar-refractivity contribution is 5.88. The highest BCUT2D eigenvalue weighted by Gasteiger charge is 2.46. The molecule has 0 aliphatic heterocycles. The Morgan fingerprint density at radius 1 is 0.224 bits per heavy atom. The summed E-state index contributed by atoms with van der Waals surface area (Å²) in [5, 5.41) is 0. The van der Waals surface area contributed by atoms with E-state index in [1.165, 1.54) is 33.4 Å². The van der Waals surface area contributed by atoms with E-state index in [2.05, 4.69) is 182 Å². The van der Waals surface area contributed by atoms with Crippen LogP contribution in [0.15, 0.2) is 249 Å². The van der Waals surface area contributed by atoms with Gasteiger partial charge in [0.05, 0.1) is 16.8 Å². The van der Waals surface area contributed by atoms with Gasteiger partial charge < -0.3 is 0 Å². The Morgan fingerprint density at radius 3 is 1.19 bits per heavy atom. The molecule has 0 unspecified atom stereocenters. The zero-order valence-corrected chi connectivity index (χ0v) is 36.4. The minimum absolute atomic E-state index is 0.541. The minimum Gasteiger partial charge on any atom is -0.228 e. The third kappa shape index (κ3) is 7.20. The van der Waals surface area contributed by atoms with E-state index in [9.17, 15) is 0 Å². The van der Waals surface area contributed by atoms with Crippen molar-refractivity contribution in [2.24, 2.45) is 0 Å². The van der Waals surface area contributed by atoms with Crippen LogP contribution in [0.1, 0.15) is 22.3 Å². The number of aromatic nitrogens is 5. The van der Waals surface area contributed by atoms with Crippen LogP contribution in [0, 0.1) is 0 Å². The van der Waals surface area contributed by atoms with Gasteiger partial charge in [-0.1, -0.05) is 224 Å². The first kappa shape index (κ1) is 39.6. The van der Waals surface area contributed by atoms with Gasteiger partial charge in [-0.2, -0.15) is 0 Å². The fraction of sp³-hybridized carbons (Fsp3) is 0.0161. The number of hydrogen-bond donors (Lipinski definition) is 0. The summed E-state index contributed by atoms with van der Waals surface area (Å²) < 4.78 is 0. The summed E-state index contributed by atoms with van der Waals surface area (Å²) in [5.41, 5.74) is 16.3. The van der Waals surface area contributed by atoms with Crippen molar-refractivity contribution in [1.82, 2.24) is 24.9 Å². The van der Waals surface area contributed by atoms with Gasteiger partial charge in [0.15, 0.2) is 23.3 Å². The summed E-state index contributed by atoms with van der Waals surface area (Å²) in [6.07, 6.45) is 0. The molecule has 0 fully saturated rings. The van der Waals surface area contributed by atoms with Crippen molar-refractivity contribution >= 4 is 0 Å². The maximum atomic E-state index is 5.41. The van der Waals surface area contributed by atoms with Crippen molar-refractivity contribution in [3.05, 3.63) is 271 Å². The normalized spacial score (nSPS) is 12.3. The van der Waals surface area contributed by atoms with Crippen molar-refractivity contribution in [2.45, 2.75) is 5.41 Å². The average Bonchev–Trinajstić information content (AvgIpc) is 3.72. The second-order valence-corrected chi connectivity index (χ2v) is 16.8. The standard InChI is InChI=1S/C62H41N5/c1-6-20-42(21-7-1)56-41-57(64-60(63-56)49-36-37-53-52-34-16-17-35-54(52)62(55(53)40-49,50-30-12-4-13-31-50)51-32-14-5-15-33-51)47-28-18-26-45(38-47)46-27-19-29-48(39-46)61-66-58(43-22-8-2-9-23-43)65-59(67-61)44-24-10-3-11-25-44/h1-41H. The molecule has 1 aliphatic carbocycles. The van der Waals surface area contributed by atoms with Gasteiger partial charge in [-0.05, 0) is 68.8 Å². The Labute approximate surface area is 389 Å². The summed E-state index contributed by atoms with van der Waals surface area (Å²) >= 11 is 0. The molecule has 9 aromatic carbocycles. The molecule has 314 valence electrons. The Bertz CT molecular complexity index is 3460. The Morgan fingerprint density at radius 2 is 0.612 bits per heavy atom. The van der Waals surface area contributed by atoms with Crippen LogP contribution in [0.4, 0.5) is 0 Å². The molecule has 2 aromatic heterocycles. The molecule has 0 atom stereocenters. The maximum Gasteiger partial charge on any atom is 0.164 e. The number of benzene rings is 9. The van der Waals surface area contributed by atoms with E-state index in [1.807, 2.05) is 66.7 Å². The molecule has 67 heavy (non-hydrogen) atoms. The van der Waals surface area contributed by atoms with E-state index < -0.39 is 5.41 Å². The van der Waals surface area contributed by atoms with Crippen LogP contribution in [0.5, 0.6) is 0 Å². The molecular weight excluding hydrogens is 815 g/mol. The molecule has 0 bridgehead atoms. The van der Waals surface area contributed by atoms with Crippen molar-refractivity contribution in [3.63, 3.8) is 0 Å². The number of hydrogen-bond acceptors (Lipinski definition) is 5. The van der Waals surface area contributed by atoms with E-state index in [0.29, 0.717) is 23.3 Å². The lowest BCUT2D eigenvalue weighted by atomic mass is 9.67.